The van der Waals surface area contributed by atoms with Gasteiger partial charge in [0.2, 0.25) is 0 Å². The number of hydrogen-bond donors (Lipinski definition) is 1. The van der Waals surface area contributed by atoms with Crippen molar-refractivity contribution in [3.63, 3.8) is 0 Å². The molecule has 0 amide bonds. The smallest absolute Gasteiger partial charge is 0.123 e. The van der Waals surface area contributed by atoms with Crippen molar-refractivity contribution in [2.45, 2.75) is 25.8 Å². The number of ether oxygens (including phenoxy) is 1. The van der Waals surface area contributed by atoms with E-state index in [1.54, 1.807) is 7.11 Å². The van der Waals surface area contributed by atoms with Gasteiger partial charge in [-0.3, -0.25) is 0 Å². The van der Waals surface area contributed by atoms with Crippen molar-refractivity contribution in [2.75, 3.05) is 30.9 Å². The van der Waals surface area contributed by atoms with Crippen LogP contribution in [-0.4, -0.2) is 31.3 Å². The number of pyridine rings is 1. The molecule has 1 atom stereocenters. The summed E-state index contributed by atoms with van der Waals surface area (Å²) in [6, 6.07) is 4.45. The third kappa shape index (κ3) is 3.09. The van der Waals surface area contributed by atoms with E-state index >= 15 is 0 Å². The molecule has 4 heteroatoms. The molecule has 0 bridgehead atoms. The molecule has 0 saturated heterocycles. The van der Waals surface area contributed by atoms with Gasteiger partial charge in [0.15, 0.2) is 0 Å². The Kier molecular flexibility index (Phi) is 3.84. The Morgan fingerprint density at radius 1 is 1.53 bits per heavy atom. The molecule has 1 fully saturated rings. The second kappa shape index (κ2) is 5.36. The maximum atomic E-state index is 5.62. The van der Waals surface area contributed by atoms with Crippen LogP contribution < -0.4 is 10.6 Å². The summed E-state index contributed by atoms with van der Waals surface area (Å²) >= 11 is 0. The van der Waals surface area contributed by atoms with Crippen molar-refractivity contribution in [3.05, 3.63) is 18.3 Å². The molecule has 4 nitrogen and oxygen atoms in total. The number of rotatable bonds is 6. The van der Waals surface area contributed by atoms with E-state index in [1.807, 2.05) is 18.3 Å². The maximum absolute atomic E-state index is 5.62. The third-order valence-electron chi connectivity index (χ3n) is 3.43. The van der Waals surface area contributed by atoms with Crippen LogP contribution in [0.3, 0.4) is 0 Å². The van der Waals surface area contributed by atoms with Crippen molar-refractivity contribution in [1.82, 2.24) is 4.98 Å². The topological polar surface area (TPSA) is 51.4 Å². The molecule has 1 heterocycles. The molecular formula is C13H21N3O. The van der Waals surface area contributed by atoms with Gasteiger partial charge in [-0.25, -0.2) is 4.98 Å². The van der Waals surface area contributed by atoms with Crippen LogP contribution in [0.1, 0.15) is 19.8 Å². The van der Waals surface area contributed by atoms with Crippen molar-refractivity contribution in [2.24, 2.45) is 5.92 Å². The molecule has 1 aromatic heterocycles. The lowest BCUT2D eigenvalue weighted by Crippen LogP contribution is -2.37. The Hall–Kier alpha value is -1.29. The minimum Gasteiger partial charge on any atom is -0.384 e. The average molecular weight is 235 g/mol. The Labute approximate surface area is 103 Å². The van der Waals surface area contributed by atoms with Crippen LogP contribution in [0.15, 0.2) is 18.3 Å². The lowest BCUT2D eigenvalue weighted by molar-refractivity contribution is 0.202. The molecule has 0 aromatic carbocycles. The molecule has 2 N–H and O–H groups in total. The molecule has 0 aliphatic heterocycles. The summed E-state index contributed by atoms with van der Waals surface area (Å²) in [4.78, 5) is 6.53. The lowest BCUT2D eigenvalue weighted by Gasteiger charge is -2.31. The predicted molar refractivity (Wildman–Crippen MR) is 70.1 cm³/mol. The predicted octanol–water partition coefficient (Wildman–Crippen LogP) is 1.92. The number of hydrogen-bond acceptors (Lipinski definition) is 4. The van der Waals surface area contributed by atoms with Crippen LogP contribution in [0.4, 0.5) is 11.5 Å². The van der Waals surface area contributed by atoms with E-state index in [0.29, 0.717) is 11.9 Å². The third-order valence-corrected chi connectivity index (χ3v) is 3.43. The fourth-order valence-electron chi connectivity index (χ4n) is 2.16. The average Bonchev–Trinajstić information content (AvgIpc) is 3.15. The molecule has 94 valence electrons. The van der Waals surface area contributed by atoms with E-state index in [1.165, 1.54) is 12.8 Å². The number of aromatic nitrogens is 1. The first kappa shape index (κ1) is 12.2. The van der Waals surface area contributed by atoms with Gasteiger partial charge < -0.3 is 15.4 Å². The molecular weight excluding hydrogens is 214 g/mol. The first-order valence-electron chi connectivity index (χ1n) is 6.19. The van der Waals surface area contributed by atoms with Gasteiger partial charge in [-0.05, 0) is 37.8 Å². The summed E-state index contributed by atoms with van der Waals surface area (Å²) in [7, 11) is 1.74. The fourth-order valence-corrected chi connectivity index (χ4v) is 2.16. The molecule has 1 aliphatic carbocycles. The normalized spacial score (nSPS) is 16.8. The zero-order chi connectivity index (χ0) is 12.3. The second-order valence-corrected chi connectivity index (χ2v) is 4.71. The van der Waals surface area contributed by atoms with E-state index in [2.05, 4.69) is 16.8 Å². The van der Waals surface area contributed by atoms with Gasteiger partial charge in [-0.15, -0.1) is 0 Å². The Bertz CT molecular complexity index is 348. The molecule has 1 aliphatic rings. The first-order chi connectivity index (χ1) is 8.22. The van der Waals surface area contributed by atoms with Crippen LogP contribution in [0.5, 0.6) is 0 Å². The fraction of sp³-hybridized carbons (Fsp3) is 0.615. The second-order valence-electron chi connectivity index (χ2n) is 4.71. The van der Waals surface area contributed by atoms with Gasteiger partial charge in [0.1, 0.15) is 5.82 Å². The quantitative estimate of drug-likeness (QED) is 0.818. The zero-order valence-electron chi connectivity index (χ0n) is 10.6. The number of nitrogens with zero attached hydrogens (tertiary/aromatic N) is 2. The highest BCUT2D eigenvalue weighted by molar-refractivity contribution is 5.49. The largest absolute Gasteiger partial charge is 0.384 e. The summed E-state index contributed by atoms with van der Waals surface area (Å²) in [5, 5.41) is 0. The van der Waals surface area contributed by atoms with E-state index in [9.17, 15) is 0 Å². The molecule has 1 unspecified atom stereocenters. The minimum absolute atomic E-state index is 0.551. The summed E-state index contributed by atoms with van der Waals surface area (Å²) in [6.07, 6.45) is 4.53. The minimum atomic E-state index is 0.551. The van der Waals surface area contributed by atoms with E-state index < -0.39 is 0 Å². The van der Waals surface area contributed by atoms with Crippen LogP contribution in [0.2, 0.25) is 0 Å². The van der Waals surface area contributed by atoms with Crippen LogP contribution in [-0.2, 0) is 4.74 Å². The van der Waals surface area contributed by atoms with Gasteiger partial charge in [0.05, 0.1) is 18.5 Å². The molecule has 2 rings (SSSR count). The number of nitrogens with two attached hydrogens (primary N) is 1. The summed E-state index contributed by atoms with van der Waals surface area (Å²) in [5.74, 6) is 1.39. The van der Waals surface area contributed by atoms with Gasteiger partial charge in [0, 0.05) is 19.7 Å². The summed E-state index contributed by atoms with van der Waals surface area (Å²) in [5.41, 5.74) is 6.76. The summed E-state index contributed by atoms with van der Waals surface area (Å²) in [6.45, 7) is 3.92. The van der Waals surface area contributed by atoms with Crippen LogP contribution >= 0.6 is 0 Å². The van der Waals surface area contributed by atoms with Crippen LogP contribution in [0, 0.1) is 5.92 Å². The van der Waals surface area contributed by atoms with E-state index in [-0.39, 0.29) is 0 Å². The monoisotopic (exact) mass is 235 g/mol. The van der Waals surface area contributed by atoms with Crippen LogP contribution in [0.25, 0.3) is 0 Å². The van der Waals surface area contributed by atoms with E-state index in [4.69, 9.17) is 10.5 Å². The highest BCUT2D eigenvalue weighted by Gasteiger charge is 2.32. The van der Waals surface area contributed by atoms with Gasteiger partial charge >= 0.3 is 0 Å². The summed E-state index contributed by atoms with van der Waals surface area (Å²) < 4.78 is 5.18. The Morgan fingerprint density at radius 2 is 2.29 bits per heavy atom. The van der Waals surface area contributed by atoms with Gasteiger partial charge in [-0.2, -0.15) is 0 Å². The Balaban J connectivity index is 2.10. The number of nitrogen functional groups attached to an aromatic ring is 1. The highest BCUT2D eigenvalue weighted by atomic mass is 16.5. The molecule has 1 saturated carbocycles. The van der Waals surface area contributed by atoms with Crippen molar-refractivity contribution < 1.29 is 4.74 Å². The Morgan fingerprint density at radius 3 is 2.82 bits per heavy atom. The van der Waals surface area contributed by atoms with Gasteiger partial charge in [-0.1, -0.05) is 0 Å². The van der Waals surface area contributed by atoms with Crippen molar-refractivity contribution in [3.8, 4) is 0 Å². The highest BCUT2D eigenvalue weighted by Crippen LogP contribution is 2.36. The van der Waals surface area contributed by atoms with Crippen molar-refractivity contribution >= 4 is 11.5 Å². The number of anilines is 2. The molecule has 0 spiro atoms. The standard InChI is InChI=1S/C13H21N3O/c1-10(11-3-4-11)16(7-8-17-2)12-5-6-13(14)15-9-12/h5-6,9-11H,3-4,7-8H2,1-2H3,(H2,14,15). The van der Waals surface area contributed by atoms with E-state index in [0.717, 1.165) is 24.8 Å². The SMILES string of the molecule is COCCN(c1ccc(N)nc1)C(C)C1CC1. The van der Waals surface area contributed by atoms with Crippen molar-refractivity contribution in [1.29, 1.82) is 0 Å². The molecule has 1 aromatic rings. The maximum Gasteiger partial charge on any atom is 0.123 e. The van der Waals surface area contributed by atoms with Gasteiger partial charge in [0.25, 0.3) is 0 Å². The molecule has 0 radical (unpaired) electrons. The lowest BCUT2D eigenvalue weighted by atomic mass is 10.1. The molecule has 17 heavy (non-hydrogen) atoms. The number of methoxy groups -OCH3 is 1. The first-order valence-corrected chi connectivity index (χ1v) is 6.19. The zero-order valence-corrected chi connectivity index (χ0v) is 10.6.